The molecular weight excluding hydrogens is 320 g/mol. The molecule has 0 spiro atoms. The zero-order valence-electron chi connectivity index (χ0n) is 12.5. The second kappa shape index (κ2) is 6.08. The highest BCUT2D eigenvalue weighted by atomic mass is 19.4. The van der Waals surface area contributed by atoms with E-state index in [0.717, 1.165) is 10.8 Å². The van der Waals surface area contributed by atoms with E-state index in [1.54, 1.807) is 0 Å². The van der Waals surface area contributed by atoms with Gasteiger partial charge in [-0.2, -0.15) is 13.2 Å². The van der Waals surface area contributed by atoms with E-state index in [2.05, 4.69) is 15.6 Å². The molecule has 1 saturated heterocycles. The van der Waals surface area contributed by atoms with Crippen LogP contribution in [0.4, 0.5) is 17.6 Å². The van der Waals surface area contributed by atoms with Gasteiger partial charge in [0.2, 0.25) is 11.3 Å². The smallest absolute Gasteiger partial charge is 0.374 e. The number of amides is 1. The number of alkyl halides is 4. The molecule has 10 heteroatoms. The molecule has 1 aliphatic heterocycles. The van der Waals surface area contributed by atoms with Gasteiger partial charge >= 0.3 is 6.18 Å². The number of nitrogens with one attached hydrogen (secondary N) is 2. The number of rotatable bonds is 5. The molecule has 1 fully saturated rings. The van der Waals surface area contributed by atoms with Gasteiger partial charge in [-0.1, -0.05) is 0 Å². The van der Waals surface area contributed by atoms with E-state index in [4.69, 9.17) is 0 Å². The van der Waals surface area contributed by atoms with Crippen molar-refractivity contribution in [2.75, 3.05) is 19.6 Å². The molecule has 0 bridgehead atoms. The summed E-state index contributed by atoms with van der Waals surface area (Å²) in [5.74, 6) is -1.57. The van der Waals surface area contributed by atoms with Gasteiger partial charge in [-0.3, -0.25) is 4.79 Å². The maximum Gasteiger partial charge on any atom is 0.424 e. The topological polar surface area (TPSA) is 79.2 Å². The largest absolute Gasteiger partial charge is 0.424 e. The van der Waals surface area contributed by atoms with Crippen LogP contribution in [0.5, 0.6) is 0 Å². The number of hydrogen-bond donors (Lipinski definition) is 3. The van der Waals surface area contributed by atoms with Crippen molar-refractivity contribution >= 4 is 5.91 Å². The second-order valence-electron chi connectivity index (χ2n) is 5.62. The number of aryl methyl sites for hydroxylation is 1. The highest BCUT2D eigenvalue weighted by Crippen LogP contribution is 2.40. The van der Waals surface area contributed by atoms with Crippen molar-refractivity contribution < 1.29 is 27.5 Å². The molecule has 2 rings (SSSR count). The number of aromatic nitrogens is 2. The van der Waals surface area contributed by atoms with Crippen molar-refractivity contribution in [1.29, 1.82) is 0 Å². The van der Waals surface area contributed by atoms with Crippen LogP contribution >= 0.6 is 0 Å². The lowest BCUT2D eigenvalue weighted by atomic mass is 9.97. The summed E-state index contributed by atoms with van der Waals surface area (Å²) >= 11 is 0. The number of nitrogens with zero attached hydrogens (tertiary/aromatic N) is 2. The molecule has 0 radical (unpaired) electrons. The SMILES string of the molecule is Cn1ccnc1[C@](O)(CCNC(=O)[C@]1(F)CCNC1)C(F)(F)F. The van der Waals surface area contributed by atoms with E-state index in [9.17, 15) is 27.5 Å². The molecule has 1 aromatic rings. The van der Waals surface area contributed by atoms with Gasteiger partial charge in [0.15, 0.2) is 0 Å². The minimum Gasteiger partial charge on any atom is -0.374 e. The van der Waals surface area contributed by atoms with Crippen LogP contribution in [-0.4, -0.2) is 52.0 Å². The lowest BCUT2D eigenvalue weighted by Gasteiger charge is -2.30. The minimum absolute atomic E-state index is 0.0399. The zero-order valence-corrected chi connectivity index (χ0v) is 12.5. The molecule has 130 valence electrons. The molecule has 0 aliphatic carbocycles. The maximum absolute atomic E-state index is 14.1. The highest BCUT2D eigenvalue weighted by molar-refractivity contribution is 5.85. The number of imidazole rings is 1. The Morgan fingerprint density at radius 1 is 1.57 bits per heavy atom. The van der Waals surface area contributed by atoms with Crippen molar-refractivity contribution in [2.24, 2.45) is 7.05 Å². The lowest BCUT2D eigenvalue weighted by Crippen LogP contribution is -2.49. The average Bonchev–Trinajstić information content (AvgIpc) is 3.07. The molecule has 3 N–H and O–H groups in total. The third-order valence-corrected chi connectivity index (χ3v) is 3.94. The predicted octanol–water partition coefficient (Wildman–Crippen LogP) is 0.378. The molecule has 6 nitrogen and oxygen atoms in total. The van der Waals surface area contributed by atoms with Gasteiger partial charge in [-0.25, -0.2) is 9.37 Å². The van der Waals surface area contributed by atoms with Crippen LogP contribution in [0.25, 0.3) is 0 Å². The fourth-order valence-electron chi connectivity index (χ4n) is 2.52. The van der Waals surface area contributed by atoms with E-state index in [0.29, 0.717) is 6.54 Å². The van der Waals surface area contributed by atoms with Crippen LogP contribution in [0.15, 0.2) is 12.4 Å². The standard InChI is InChI=1S/C13H18F4N4O2/c1-21-7-6-19-9(21)12(23,13(15,16)17)3-5-20-10(22)11(14)2-4-18-8-11/h6-7,18,23H,2-5,8H2,1H3,(H,20,22)/t11-,12+/m0/s1. The molecular formula is C13H18F4N4O2. The second-order valence-corrected chi connectivity index (χ2v) is 5.62. The summed E-state index contributed by atoms with van der Waals surface area (Å²) < 4.78 is 54.9. The molecule has 2 heterocycles. The zero-order chi connectivity index (χ0) is 17.3. The Labute approximate surface area is 129 Å². The minimum atomic E-state index is -4.99. The van der Waals surface area contributed by atoms with Gasteiger partial charge in [-0.15, -0.1) is 0 Å². The Balaban J connectivity index is 2.06. The van der Waals surface area contributed by atoms with Gasteiger partial charge in [0.25, 0.3) is 5.91 Å². The summed E-state index contributed by atoms with van der Waals surface area (Å²) in [6.45, 7) is -0.390. The molecule has 2 atom stereocenters. The van der Waals surface area contributed by atoms with Crippen LogP contribution in [0.2, 0.25) is 0 Å². The van der Waals surface area contributed by atoms with Crippen molar-refractivity contribution in [3.8, 4) is 0 Å². The van der Waals surface area contributed by atoms with Gasteiger partial charge < -0.3 is 20.3 Å². The van der Waals surface area contributed by atoms with Crippen molar-refractivity contribution in [2.45, 2.75) is 30.3 Å². The van der Waals surface area contributed by atoms with Crippen LogP contribution in [-0.2, 0) is 17.4 Å². The number of halogens is 4. The first-order valence-corrected chi connectivity index (χ1v) is 7.05. The lowest BCUT2D eigenvalue weighted by molar-refractivity contribution is -0.272. The number of carbonyl (C=O) groups is 1. The number of carbonyl (C=O) groups excluding carboxylic acids is 1. The van der Waals surface area contributed by atoms with E-state index in [1.807, 2.05) is 0 Å². The summed E-state index contributed by atoms with van der Waals surface area (Å²) in [5, 5.41) is 14.9. The van der Waals surface area contributed by atoms with E-state index < -0.39 is 42.1 Å². The van der Waals surface area contributed by atoms with Gasteiger partial charge in [0.05, 0.1) is 0 Å². The molecule has 1 amide bonds. The first-order chi connectivity index (χ1) is 10.6. The van der Waals surface area contributed by atoms with Crippen LogP contribution in [0.1, 0.15) is 18.7 Å². The van der Waals surface area contributed by atoms with Crippen LogP contribution in [0.3, 0.4) is 0 Å². The van der Waals surface area contributed by atoms with E-state index >= 15 is 0 Å². The van der Waals surface area contributed by atoms with E-state index in [1.165, 1.54) is 13.2 Å². The monoisotopic (exact) mass is 338 g/mol. The Morgan fingerprint density at radius 2 is 2.26 bits per heavy atom. The molecule has 0 unspecified atom stereocenters. The summed E-state index contributed by atoms with van der Waals surface area (Å²) in [4.78, 5) is 15.3. The third kappa shape index (κ3) is 3.32. The van der Waals surface area contributed by atoms with Crippen molar-refractivity contribution in [3.05, 3.63) is 18.2 Å². The Morgan fingerprint density at radius 3 is 2.74 bits per heavy atom. The van der Waals surface area contributed by atoms with Gasteiger partial charge in [0, 0.05) is 45.4 Å². The maximum atomic E-state index is 14.1. The summed E-state index contributed by atoms with van der Waals surface area (Å²) in [6, 6.07) is 0. The Hall–Kier alpha value is -1.68. The third-order valence-electron chi connectivity index (χ3n) is 3.94. The first-order valence-electron chi connectivity index (χ1n) is 7.05. The van der Waals surface area contributed by atoms with Crippen molar-refractivity contribution in [3.63, 3.8) is 0 Å². The number of aliphatic hydroxyl groups is 1. The molecule has 0 saturated carbocycles. The fourth-order valence-corrected chi connectivity index (χ4v) is 2.52. The van der Waals surface area contributed by atoms with Gasteiger partial charge in [0.1, 0.15) is 5.82 Å². The fraction of sp³-hybridized carbons (Fsp3) is 0.692. The molecule has 23 heavy (non-hydrogen) atoms. The molecule has 0 aromatic carbocycles. The van der Waals surface area contributed by atoms with E-state index in [-0.39, 0.29) is 13.0 Å². The average molecular weight is 338 g/mol. The summed E-state index contributed by atoms with van der Waals surface area (Å²) in [7, 11) is 1.32. The van der Waals surface area contributed by atoms with Crippen LogP contribution < -0.4 is 10.6 Å². The number of hydrogen-bond acceptors (Lipinski definition) is 4. The summed E-state index contributed by atoms with van der Waals surface area (Å²) in [5.41, 5.74) is -5.35. The summed E-state index contributed by atoms with van der Waals surface area (Å²) in [6.07, 6.45) is -3.49. The Kier molecular flexibility index (Phi) is 4.67. The van der Waals surface area contributed by atoms with Gasteiger partial charge in [-0.05, 0) is 6.54 Å². The quantitative estimate of drug-likeness (QED) is 0.678. The predicted molar refractivity (Wildman–Crippen MR) is 72.1 cm³/mol. The highest BCUT2D eigenvalue weighted by Gasteiger charge is 2.57. The van der Waals surface area contributed by atoms with Crippen molar-refractivity contribution in [1.82, 2.24) is 20.2 Å². The first kappa shape index (κ1) is 17.7. The normalized spacial score (nSPS) is 24.4. The molecule has 1 aromatic heterocycles. The molecule has 1 aliphatic rings. The van der Waals surface area contributed by atoms with Crippen LogP contribution in [0, 0.1) is 0 Å². The Bertz CT molecular complexity index is 569.